The third-order valence-electron chi connectivity index (χ3n) is 2.90. The van der Waals surface area contributed by atoms with Gasteiger partial charge in [-0.1, -0.05) is 21.1 Å². The first-order chi connectivity index (χ1) is 9.75. The number of hydrogen-bond donors (Lipinski definition) is 2. The summed E-state index contributed by atoms with van der Waals surface area (Å²) in [4.78, 5) is 0. The zero-order valence-corrected chi connectivity index (χ0v) is 13.8. The maximum Gasteiger partial charge on any atom is 0.416 e. The minimum absolute atomic E-state index is 0.332. The summed E-state index contributed by atoms with van der Waals surface area (Å²) in [5, 5.41) is 7.61. The van der Waals surface area contributed by atoms with Crippen LogP contribution in [0.3, 0.4) is 0 Å². The second-order valence-corrected chi connectivity index (χ2v) is 5.83. The Balaban J connectivity index is 2.58. The lowest BCUT2D eigenvalue weighted by atomic mass is 10.0. The summed E-state index contributed by atoms with van der Waals surface area (Å²) in [5.74, 6) is 5.52. The Bertz CT molecular complexity index is 636. The molecular weight excluding hydrogens is 419 g/mol. The van der Waals surface area contributed by atoms with Crippen LogP contribution in [0, 0.1) is 0 Å². The molecule has 0 spiro atoms. The summed E-state index contributed by atoms with van der Waals surface area (Å²) >= 11 is 6.46. The Morgan fingerprint density at radius 1 is 1.33 bits per heavy atom. The van der Waals surface area contributed by atoms with E-state index in [1.807, 2.05) is 0 Å². The quantitative estimate of drug-likeness (QED) is 0.582. The molecule has 114 valence electrons. The third-order valence-corrected chi connectivity index (χ3v) is 4.19. The van der Waals surface area contributed by atoms with Gasteiger partial charge in [-0.3, -0.25) is 5.84 Å². The number of hydrogen-bond acceptors (Lipinski definition) is 4. The third kappa shape index (κ3) is 3.28. The van der Waals surface area contributed by atoms with E-state index in [4.69, 9.17) is 5.84 Å². The summed E-state index contributed by atoms with van der Waals surface area (Å²) in [6.45, 7) is 0. The highest BCUT2D eigenvalue weighted by molar-refractivity contribution is 9.10. The maximum absolute atomic E-state index is 12.9. The molecule has 1 aromatic carbocycles. The van der Waals surface area contributed by atoms with Gasteiger partial charge >= 0.3 is 6.18 Å². The smallest absolute Gasteiger partial charge is 0.271 e. The Hall–Kier alpha value is -0.970. The summed E-state index contributed by atoms with van der Waals surface area (Å²) in [7, 11) is 1.62. The molecule has 1 unspecified atom stereocenters. The monoisotopic (exact) mass is 427 g/mol. The number of rotatable bonds is 3. The average molecular weight is 429 g/mol. The molecule has 0 radical (unpaired) electrons. The fourth-order valence-corrected chi connectivity index (χ4v) is 2.93. The summed E-state index contributed by atoms with van der Waals surface area (Å²) in [5.41, 5.74) is 2.58. The van der Waals surface area contributed by atoms with E-state index < -0.39 is 17.8 Å². The molecule has 0 saturated heterocycles. The Morgan fingerprint density at radius 2 is 2.00 bits per heavy atom. The van der Waals surface area contributed by atoms with Crippen molar-refractivity contribution in [2.24, 2.45) is 12.9 Å². The molecule has 5 nitrogen and oxygen atoms in total. The summed E-state index contributed by atoms with van der Waals surface area (Å²) in [6, 6.07) is 2.66. The largest absolute Gasteiger partial charge is 0.416 e. The molecule has 2 rings (SSSR count). The van der Waals surface area contributed by atoms with Gasteiger partial charge in [-0.15, -0.1) is 5.10 Å². The van der Waals surface area contributed by atoms with E-state index in [2.05, 4.69) is 47.6 Å². The fourth-order valence-electron chi connectivity index (χ4n) is 1.90. The Kier molecular flexibility index (Phi) is 4.71. The molecule has 21 heavy (non-hydrogen) atoms. The number of nitrogens with zero attached hydrogens (tertiary/aromatic N) is 3. The van der Waals surface area contributed by atoms with Crippen molar-refractivity contribution in [2.75, 3.05) is 0 Å². The van der Waals surface area contributed by atoms with Gasteiger partial charge in [-0.2, -0.15) is 13.2 Å². The average Bonchev–Trinajstić information content (AvgIpc) is 2.72. The van der Waals surface area contributed by atoms with Gasteiger partial charge in [0.15, 0.2) is 4.60 Å². The topological polar surface area (TPSA) is 68.8 Å². The first kappa shape index (κ1) is 16.4. The highest BCUT2D eigenvalue weighted by atomic mass is 79.9. The minimum atomic E-state index is -4.43. The van der Waals surface area contributed by atoms with Crippen molar-refractivity contribution in [3.63, 3.8) is 0 Å². The van der Waals surface area contributed by atoms with E-state index in [-0.39, 0.29) is 0 Å². The number of nitrogens with two attached hydrogens (primary N) is 1. The van der Waals surface area contributed by atoms with Crippen LogP contribution in [0.5, 0.6) is 0 Å². The number of halogens is 5. The van der Waals surface area contributed by atoms with Crippen molar-refractivity contribution in [2.45, 2.75) is 12.2 Å². The fraction of sp³-hybridized carbons (Fsp3) is 0.273. The predicted molar refractivity (Wildman–Crippen MR) is 77.0 cm³/mol. The Labute approximate surface area is 134 Å². The van der Waals surface area contributed by atoms with Crippen LogP contribution in [0.4, 0.5) is 13.2 Å². The van der Waals surface area contributed by atoms with Crippen LogP contribution >= 0.6 is 31.9 Å². The number of benzene rings is 1. The zero-order valence-electron chi connectivity index (χ0n) is 10.6. The normalized spacial score (nSPS) is 13.5. The lowest BCUT2D eigenvalue weighted by molar-refractivity contribution is -0.137. The van der Waals surface area contributed by atoms with Crippen molar-refractivity contribution < 1.29 is 13.2 Å². The molecule has 0 aliphatic rings. The minimum Gasteiger partial charge on any atom is -0.271 e. The summed E-state index contributed by atoms with van der Waals surface area (Å²) < 4.78 is 40.9. The molecule has 0 aliphatic heterocycles. The van der Waals surface area contributed by atoms with Crippen LogP contribution in [0.2, 0.25) is 0 Å². The first-order valence-electron chi connectivity index (χ1n) is 5.63. The van der Waals surface area contributed by atoms with Crippen LogP contribution in [0.15, 0.2) is 27.3 Å². The highest BCUT2D eigenvalue weighted by Gasteiger charge is 2.32. The van der Waals surface area contributed by atoms with Gasteiger partial charge < -0.3 is 0 Å². The van der Waals surface area contributed by atoms with Crippen LogP contribution < -0.4 is 11.3 Å². The maximum atomic E-state index is 12.9. The second kappa shape index (κ2) is 6.03. The molecule has 0 fully saturated rings. The zero-order chi connectivity index (χ0) is 15.8. The molecule has 3 N–H and O–H groups in total. The molecular formula is C11H10Br2F3N5. The molecule has 2 aromatic rings. The highest BCUT2D eigenvalue weighted by Crippen LogP contribution is 2.36. The molecule has 0 bridgehead atoms. The van der Waals surface area contributed by atoms with Crippen LogP contribution in [0.25, 0.3) is 0 Å². The van der Waals surface area contributed by atoms with E-state index >= 15 is 0 Å². The van der Waals surface area contributed by atoms with E-state index in [0.29, 0.717) is 20.3 Å². The number of aromatic nitrogens is 3. The number of nitrogens with one attached hydrogen (secondary N) is 1. The van der Waals surface area contributed by atoms with Gasteiger partial charge in [0.2, 0.25) is 0 Å². The van der Waals surface area contributed by atoms with Crippen molar-refractivity contribution in [1.82, 2.24) is 20.4 Å². The SMILES string of the molecule is Cn1nnc(Br)c1C(NN)c1cc(C(F)(F)F)ccc1Br. The second-order valence-electron chi connectivity index (χ2n) is 4.22. The lowest BCUT2D eigenvalue weighted by Gasteiger charge is -2.19. The predicted octanol–water partition coefficient (Wildman–Crippen LogP) is 2.91. The van der Waals surface area contributed by atoms with Gasteiger partial charge in [0.05, 0.1) is 17.3 Å². The van der Waals surface area contributed by atoms with Crippen molar-refractivity contribution in [3.8, 4) is 0 Å². The van der Waals surface area contributed by atoms with Crippen molar-refractivity contribution in [3.05, 3.63) is 44.1 Å². The van der Waals surface area contributed by atoms with Crippen molar-refractivity contribution in [1.29, 1.82) is 0 Å². The standard InChI is InChI=1S/C11H10Br2F3N5/c1-21-9(10(13)19-20-21)8(18-17)6-4-5(11(14,15)16)2-3-7(6)12/h2-4,8,18H,17H2,1H3. The van der Waals surface area contributed by atoms with Crippen LogP contribution in [0.1, 0.15) is 22.9 Å². The molecule has 10 heteroatoms. The van der Waals surface area contributed by atoms with E-state index in [0.717, 1.165) is 12.1 Å². The molecule has 1 aromatic heterocycles. The van der Waals surface area contributed by atoms with E-state index in [9.17, 15) is 13.2 Å². The number of alkyl halides is 3. The van der Waals surface area contributed by atoms with E-state index in [1.54, 1.807) is 7.05 Å². The first-order valence-corrected chi connectivity index (χ1v) is 7.22. The molecule has 0 saturated carbocycles. The van der Waals surface area contributed by atoms with Gasteiger partial charge in [-0.05, 0) is 39.7 Å². The molecule has 0 amide bonds. The molecule has 1 heterocycles. The Morgan fingerprint density at radius 3 is 2.48 bits per heavy atom. The van der Waals surface area contributed by atoms with Crippen molar-refractivity contribution >= 4 is 31.9 Å². The number of aryl methyl sites for hydroxylation is 1. The number of hydrazine groups is 1. The van der Waals surface area contributed by atoms with E-state index in [1.165, 1.54) is 10.7 Å². The summed E-state index contributed by atoms with van der Waals surface area (Å²) in [6.07, 6.45) is -4.43. The van der Waals surface area contributed by atoms with Gasteiger partial charge in [0.1, 0.15) is 0 Å². The van der Waals surface area contributed by atoms with Gasteiger partial charge in [-0.25, -0.2) is 10.1 Å². The molecule has 0 aliphatic carbocycles. The van der Waals surface area contributed by atoms with Gasteiger partial charge in [0, 0.05) is 11.5 Å². The van der Waals surface area contributed by atoms with Gasteiger partial charge in [0.25, 0.3) is 0 Å². The van der Waals surface area contributed by atoms with Crippen LogP contribution in [-0.4, -0.2) is 15.0 Å². The molecule has 1 atom stereocenters. The lowest BCUT2D eigenvalue weighted by Crippen LogP contribution is -2.31. The van der Waals surface area contributed by atoms with Crippen LogP contribution in [-0.2, 0) is 13.2 Å².